The Hall–Kier alpha value is -3.57. The van der Waals surface area contributed by atoms with E-state index in [2.05, 4.69) is 32.7 Å². The molecule has 3 N–H and O–H groups in total. The lowest BCUT2D eigenvalue weighted by molar-refractivity contribution is 0.0977. The fourth-order valence-electron chi connectivity index (χ4n) is 3.38. The van der Waals surface area contributed by atoms with E-state index in [-0.39, 0.29) is 5.91 Å². The van der Waals surface area contributed by atoms with E-state index in [1.807, 2.05) is 49.5 Å². The molecule has 0 radical (unpaired) electrons. The van der Waals surface area contributed by atoms with Gasteiger partial charge in [-0.25, -0.2) is 0 Å². The van der Waals surface area contributed by atoms with Gasteiger partial charge in [0.2, 0.25) is 5.96 Å². The van der Waals surface area contributed by atoms with E-state index in [1.165, 1.54) is 10.9 Å². The summed E-state index contributed by atoms with van der Waals surface area (Å²) in [6.45, 7) is 2.54. The van der Waals surface area contributed by atoms with Gasteiger partial charge in [-0.2, -0.15) is 0 Å². The second-order valence-corrected chi connectivity index (χ2v) is 7.73. The summed E-state index contributed by atoms with van der Waals surface area (Å²) in [5.74, 6) is 0.160. The third-order valence-corrected chi connectivity index (χ3v) is 5.20. The molecule has 31 heavy (non-hydrogen) atoms. The third kappa shape index (κ3) is 5.32. The number of carbonyl (C=O) groups excluding carboxylic acids is 1. The zero-order chi connectivity index (χ0) is 21.6. The molecule has 0 saturated heterocycles. The number of aromatic nitrogens is 1. The number of aliphatic imine (C=N–C) groups is 1. The monoisotopic (exact) mass is 430 g/mol. The van der Waals surface area contributed by atoms with Gasteiger partial charge < -0.3 is 10.3 Å². The summed E-state index contributed by atoms with van der Waals surface area (Å²) in [7, 11) is 0. The number of nitrogens with zero attached hydrogens (tertiary/aromatic N) is 1. The maximum atomic E-state index is 12.7. The number of fused-ring (bicyclic) bond motifs is 1. The molecule has 0 unspecified atom stereocenters. The average Bonchev–Trinajstić information content (AvgIpc) is 3.17. The number of aromatic amines is 1. The van der Waals surface area contributed by atoms with Crippen LogP contribution in [-0.4, -0.2) is 23.4 Å². The number of halogens is 1. The van der Waals surface area contributed by atoms with Gasteiger partial charge >= 0.3 is 0 Å². The molecule has 0 aliphatic rings. The lowest BCUT2D eigenvalue weighted by atomic mass is 10.1. The minimum Gasteiger partial charge on any atom is -0.361 e. The highest BCUT2D eigenvalue weighted by Gasteiger charge is 2.10. The number of hydrogen-bond acceptors (Lipinski definition) is 2. The maximum Gasteiger partial charge on any atom is 0.257 e. The van der Waals surface area contributed by atoms with Crippen molar-refractivity contribution in [2.24, 2.45) is 4.99 Å². The summed E-state index contributed by atoms with van der Waals surface area (Å²) in [4.78, 5) is 20.6. The molecule has 6 heteroatoms. The molecule has 5 nitrogen and oxygen atoms in total. The van der Waals surface area contributed by atoms with Gasteiger partial charge in [0.1, 0.15) is 0 Å². The van der Waals surface area contributed by atoms with Gasteiger partial charge in [-0.3, -0.25) is 15.1 Å². The van der Waals surface area contributed by atoms with Crippen molar-refractivity contribution in [3.8, 4) is 0 Å². The first-order valence-electron chi connectivity index (χ1n) is 10.1. The zero-order valence-electron chi connectivity index (χ0n) is 17.2. The first-order chi connectivity index (χ1) is 15.1. The number of benzene rings is 3. The van der Waals surface area contributed by atoms with E-state index >= 15 is 0 Å². The second-order valence-electron chi connectivity index (χ2n) is 7.30. The lowest BCUT2D eigenvalue weighted by Crippen LogP contribution is -2.36. The summed E-state index contributed by atoms with van der Waals surface area (Å²) in [6.07, 6.45) is 2.76. The third-order valence-electron chi connectivity index (χ3n) is 4.95. The first-order valence-corrected chi connectivity index (χ1v) is 10.5. The molecule has 156 valence electrons. The van der Waals surface area contributed by atoms with Crippen molar-refractivity contribution < 1.29 is 4.79 Å². The maximum absolute atomic E-state index is 12.7. The molecule has 0 fully saturated rings. The van der Waals surface area contributed by atoms with E-state index in [4.69, 9.17) is 11.6 Å². The summed E-state index contributed by atoms with van der Waals surface area (Å²) >= 11 is 5.93. The topological polar surface area (TPSA) is 69.3 Å². The standard InChI is InChI=1S/C25H23ClN4O/c1-17-5-4-6-21(15-17)29-25(30-24(31)18-9-11-20(26)12-10-18)27-14-13-19-16-28-23-8-3-2-7-22(19)23/h2-12,15-16,28H,13-14H2,1H3,(H2,27,29,30,31). The smallest absolute Gasteiger partial charge is 0.257 e. The van der Waals surface area contributed by atoms with Crippen molar-refractivity contribution in [2.45, 2.75) is 13.3 Å². The number of carbonyl (C=O) groups is 1. The first kappa shape index (κ1) is 20.7. The van der Waals surface area contributed by atoms with E-state index in [0.717, 1.165) is 23.2 Å². The van der Waals surface area contributed by atoms with Gasteiger partial charge in [-0.05, 0) is 66.9 Å². The van der Waals surface area contributed by atoms with E-state index in [9.17, 15) is 4.79 Å². The van der Waals surface area contributed by atoms with Crippen molar-refractivity contribution >= 4 is 40.1 Å². The number of aryl methyl sites for hydroxylation is 1. The normalized spacial score (nSPS) is 11.5. The number of guanidine groups is 1. The van der Waals surface area contributed by atoms with Gasteiger partial charge in [0.25, 0.3) is 5.91 Å². The van der Waals surface area contributed by atoms with Gasteiger partial charge in [-0.15, -0.1) is 0 Å². The summed E-state index contributed by atoms with van der Waals surface area (Å²) in [5.41, 5.74) is 4.79. The molecule has 4 aromatic rings. The molecule has 0 saturated carbocycles. The molecule has 0 atom stereocenters. The van der Waals surface area contributed by atoms with Gasteiger partial charge in [-0.1, -0.05) is 41.9 Å². The van der Waals surface area contributed by atoms with Crippen LogP contribution in [-0.2, 0) is 6.42 Å². The van der Waals surface area contributed by atoms with Crippen LogP contribution in [0.4, 0.5) is 5.69 Å². The van der Waals surface area contributed by atoms with E-state index in [1.54, 1.807) is 24.3 Å². The van der Waals surface area contributed by atoms with Crippen molar-refractivity contribution in [3.63, 3.8) is 0 Å². The summed E-state index contributed by atoms with van der Waals surface area (Å²) < 4.78 is 0. The van der Waals surface area contributed by atoms with Crippen molar-refractivity contribution in [3.05, 3.63) is 101 Å². The Morgan fingerprint density at radius 1 is 1.03 bits per heavy atom. The zero-order valence-corrected chi connectivity index (χ0v) is 17.9. The highest BCUT2D eigenvalue weighted by molar-refractivity contribution is 6.30. The average molecular weight is 431 g/mol. The van der Waals surface area contributed by atoms with Gasteiger partial charge in [0.05, 0.1) is 0 Å². The van der Waals surface area contributed by atoms with Gasteiger partial charge in [0.15, 0.2) is 0 Å². The molecule has 4 rings (SSSR count). The Kier molecular flexibility index (Phi) is 6.34. The Bertz CT molecular complexity index is 1230. The Morgan fingerprint density at radius 3 is 2.65 bits per heavy atom. The van der Waals surface area contributed by atoms with Crippen LogP contribution in [0.2, 0.25) is 5.02 Å². The van der Waals surface area contributed by atoms with Crippen LogP contribution in [0.15, 0.2) is 84.0 Å². The molecule has 0 spiro atoms. The Balaban J connectivity index is 1.52. The fraction of sp³-hybridized carbons (Fsp3) is 0.120. The number of amides is 1. The highest BCUT2D eigenvalue weighted by atomic mass is 35.5. The van der Waals surface area contributed by atoms with Crippen LogP contribution < -0.4 is 10.6 Å². The van der Waals surface area contributed by atoms with Gasteiger partial charge in [0, 0.05) is 39.9 Å². The van der Waals surface area contributed by atoms with Crippen LogP contribution in [0.1, 0.15) is 21.5 Å². The number of para-hydroxylation sites is 1. The molecule has 1 aromatic heterocycles. The number of anilines is 1. The quantitative estimate of drug-likeness (QED) is 0.286. The molecule has 0 bridgehead atoms. The predicted octanol–water partition coefficient (Wildman–Crippen LogP) is 5.57. The Labute approximate surface area is 186 Å². The minimum absolute atomic E-state index is 0.248. The van der Waals surface area contributed by atoms with Crippen LogP contribution in [0.25, 0.3) is 10.9 Å². The number of hydrogen-bond donors (Lipinski definition) is 3. The SMILES string of the molecule is Cc1cccc(NC(=NCCc2c[nH]c3ccccc23)NC(=O)c2ccc(Cl)cc2)c1. The fourth-order valence-corrected chi connectivity index (χ4v) is 3.50. The molecule has 1 heterocycles. The minimum atomic E-state index is -0.248. The van der Waals surface area contributed by atoms with Crippen LogP contribution in [0, 0.1) is 6.92 Å². The van der Waals surface area contributed by atoms with Crippen molar-refractivity contribution in [1.29, 1.82) is 0 Å². The van der Waals surface area contributed by atoms with Crippen LogP contribution >= 0.6 is 11.6 Å². The number of nitrogens with one attached hydrogen (secondary N) is 3. The Morgan fingerprint density at radius 2 is 1.84 bits per heavy atom. The lowest BCUT2D eigenvalue weighted by Gasteiger charge is -2.12. The van der Waals surface area contributed by atoms with E-state index in [0.29, 0.717) is 23.1 Å². The van der Waals surface area contributed by atoms with Crippen molar-refractivity contribution in [1.82, 2.24) is 10.3 Å². The van der Waals surface area contributed by atoms with Crippen LogP contribution in [0.5, 0.6) is 0 Å². The predicted molar refractivity (Wildman–Crippen MR) is 128 cm³/mol. The second kappa shape index (κ2) is 9.49. The number of rotatable bonds is 5. The molecular formula is C25H23ClN4O. The molecule has 0 aliphatic carbocycles. The summed E-state index contributed by atoms with van der Waals surface area (Å²) in [6, 6.07) is 22.9. The van der Waals surface area contributed by atoms with E-state index < -0.39 is 0 Å². The molecule has 0 aliphatic heterocycles. The molecule has 1 amide bonds. The van der Waals surface area contributed by atoms with Crippen LogP contribution in [0.3, 0.4) is 0 Å². The number of H-pyrrole nitrogens is 1. The molecular weight excluding hydrogens is 408 g/mol. The summed E-state index contributed by atoms with van der Waals surface area (Å²) in [5, 5.41) is 7.90. The molecule has 3 aromatic carbocycles. The highest BCUT2D eigenvalue weighted by Crippen LogP contribution is 2.18. The largest absolute Gasteiger partial charge is 0.361 e. The van der Waals surface area contributed by atoms with Crippen molar-refractivity contribution in [2.75, 3.05) is 11.9 Å².